The molecule has 29 heavy (non-hydrogen) atoms. The van der Waals surface area contributed by atoms with Gasteiger partial charge in [-0.2, -0.15) is 0 Å². The summed E-state index contributed by atoms with van der Waals surface area (Å²) >= 11 is 6.15. The molecule has 3 heterocycles. The van der Waals surface area contributed by atoms with Gasteiger partial charge in [0.05, 0.1) is 36.9 Å². The lowest BCUT2D eigenvalue weighted by molar-refractivity contribution is 0.398. The molecule has 4 rings (SSSR count). The van der Waals surface area contributed by atoms with Crippen molar-refractivity contribution in [2.24, 2.45) is 0 Å². The largest absolute Gasteiger partial charge is 0.481 e. The summed E-state index contributed by atoms with van der Waals surface area (Å²) < 4.78 is 5.23. The van der Waals surface area contributed by atoms with Crippen LogP contribution in [0.2, 0.25) is 5.02 Å². The van der Waals surface area contributed by atoms with Crippen molar-refractivity contribution in [3.8, 4) is 5.88 Å². The molecule has 0 amide bonds. The molecule has 0 N–H and O–H groups in total. The summed E-state index contributed by atoms with van der Waals surface area (Å²) in [4.78, 5) is 15.3. The first-order valence-electron chi connectivity index (χ1n) is 9.11. The number of pyridine rings is 3. The molecule has 0 radical (unpaired) electrons. The minimum atomic E-state index is -0.152. The van der Waals surface area contributed by atoms with Gasteiger partial charge in [-0.3, -0.25) is 9.97 Å². The molecule has 4 aromatic rings. The molecular weight excluding hydrogens is 384 g/mol. The van der Waals surface area contributed by atoms with Crippen molar-refractivity contribution in [3.63, 3.8) is 0 Å². The predicted octanol–water partition coefficient (Wildman–Crippen LogP) is 5.46. The molecule has 0 saturated heterocycles. The molecule has 0 aliphatic heterocycles. The van der Waals surface area contributed by atoms with Crippen LogP contribution >= 0.6 is 11.6 Å². The molecule has 0 saturated carbocycles. The van der Waals surface area contributed by atoms with E-state index >= 15 is 0 Å². The molecular formula is C23H19ClN4O. The Bertz CT molecular complexity index is 1040. The minimum Gasteiger partial charge on any atom is -0.481 e. The third-order valence-electron chi connectivity index (χ3n) is 4.58. The van der Waals surface area contributed by atoms with E-state index in [9.17, 15) is 0 Å². The third kappa shape index (κ3) is 4.20. The van der Waals surface area contributed by atoms with E-state index in [-0.39, 0.29) is 6.04 Å². The van der Waals surface area contributed by atoms with E-state index < -0.39 is 0 Å². The van der Waals surface area contributed by atoms with Crippen LogP contribution in [0.4, 0.5) is 11.4 Å². The first-order valence-corrected chi connectivity index (χ1v) is 9.49. The molecule has 5 nitrogen and oxygen atoms in total. The number of methoxy groups -OCH3 is 1. The van der Waals surface area contributed by atoms with Crippen molar-refractivity contribution in [1.29, 1.82) is 0 Å². The van der Waals surface area contributed by atoms with Gasteiger partial charge in [0.1, 0.15) is 0 Å². The summed E-state index contributed by atoms with van der Waals surface area (Å²) in [5.41, 5.74) is 3.95. The molecule has 1 unspecified atom stereocenters. The van der Waals surface area contributed by atoms with Gasteiger partial charge in [0.25, 0.3) is 0 Å². The van der Waals surface area contributed by atoms with Gasteiger partial charge in [0.2, 0.25) is 5.88 Å². The van der Waals surface area contributed by atoms with Crippen LogP contribution in [0.25, 0.3) is 0 Å². The minimum absolute atomic E-state index is 0.152. The first-order chi connectivity index (χ1) is 14.3. The van der Waals surface area contributed by atoms with Crippen LogP contribution in [0, 0.1) is 0 Å². The van der Waals surface area contributed by atoms with Gasteiger partial charge >= 0.3 is 0 Å². The Labute approximate surface area is 174 Å². The fraction of sp³-hybridized carbons (Fsp3) is 0.0870. The predicted molar refractivity (Wildman–Crippen MR) is 115 cm³/mol. The van der Waals surface area contributed by atoms with Crippen molar-refractivity contribution in [1.82, 2.24) is 15.0 Å². The van der Waals surface area contributed by atoms with Crippen LogP contribution in [0.1, 0.15) is 17.2 Å². The summed E-state index contributed by atoms with van der Waals surface area (Å²) in [6.45, 7) is 0. The Balaban J connectivity index is 1.91. The average molecular weight is 403 g/mol. The maximum absolute atomic E-state index is 6.15. The van der Waals surface area contributed by atoms with Gasteiger partial charge in [-0.1, -0.05) is 29.8 Å². The lowest BCUT2D eigenvalue weighted by atomic mass is 9.97. The number of aromatic nitrogens is 3. The van der Waals surface area contributed by atoms with E-state index in [1.807, 2.05) is 67.0 Å². The number of hydrogen-bond acceptors (Lipinski definition) is 5. The highest BCUT2D eigenvalue weighted by Gasteiger charge is 2.25. The fourth-order valence-corrected chi connectivity index (χ4v) is 3.38. The summed E-state index contributed by atoms with van der Waals surface area (Å²) in [6.07, 6.45) is 9.04. The zero-order chi connectivity index (χ0) is 20.1. The van der Waals surface area contributed by atoms with Gasteiger partial charge in [0, 0.05) is 29.7 Å². The molecule has 0 spiro atoms. The summed E-state index contributed by atoms with van der Waals surface area (Å²) in [5.74, 6) is 0.560. The third-order valence-corrected chi connectivity index (χ3v) is 4.83. The Morgan fingerprint density at radius 1 is 0.793 bits per heavy atom. The molecule has 1 atom stereocenters. The SMILES string of the molecule is COc1ccc(N(c2cccnc2)C(c2ccc(Cl)cc2)c2cccnc2)cn1. The van der Waals surface area contributed by atoms with Crippen LogP contribution < -0.4 is 9.64 Å². The normalized spacial score (nSPS) is 11.7. The number of anilines is 2. The molecule has 0 aliphatic rings. The van der Waals surface area contributed by atoms with E-state index in [2.05, 4.69) is 25.9 Å². The standard InChI is InChI=1S/C23H19ClN4O/c1-29-22-11-10-21(16-27-22)28(20-5-3-13-26-15-20)23(18-4-2-12-25-14-18)17-6-8-19(24)9-7-17/h2-16,23H,1H3. The van der Waals surface area contributed by atoms with Gasteiger partial charge in [-0.25, -0.2) is 4.98 Å². The van der Waals surface area contributed by atoms with Crippen molar-refractivity contribution < 1.29 is 4.74 Å². The average Bonchev–Trinajstić information content (AvgIpc) is 2.79. The van der Waals surface area contributed by atoms with Crippen LogP contribution in [-0.2, 0) is 0 Å². The quantitative estimate of drug-likeness (QED) is 0.428. The molecule has 0 bridgehead atoms. The Hall–Kier alpha value is -3.44. The molecule has 144 valence electrons. The molecule has 1 aromatic carbocycles. The number of benzene rings is 1. The van der Waals surface area contributed by atoms with E-state index in [0.717, 1.165) is 22.5 Å². The highest BCUT2D eigenvalue weighted by atomic mass is 35.5. The van der Waals surface area contributed by atoms with Crippen LogP contribution in [-0.4, -0.2) is 22.1 Å². The summed E-state index contributed by atoms with van der Waals surface area (Å²) in [6, 6.07) is 19.5. The number of hydrogen-bond donors (Lipinski definition) is 0. The van der Waals surface area contributed by atoms with Gasteiger partial charge < -0.3 is 9.64 Å². The van der Waals surface area contributed by atoms with E-state index in [0.29, 0.717) is 10.9 Å². The van der Waals surface area contributed by atoms with Crippen LogP contribution in [0.15, 0.2) is 91.6 Å². The number of nitrogens with zero attached hydrogens (tertiary/aromatic N) is 4. The van der Waals surface area contributed by atoms with E-state index in [1.165, 1.54) is 0 Å². The first kappa shape index (κ1) is 18.9. The zero-order valence-corrected chi connectivity index (χ0v) is 16.6. The second-order valence-corrected chi connectivity index (χ2v) is 6.82. The van der Waals surface area contributed by atoms with Gasteiger partial charge in [0.15, 0.2) is 0 Å². The zero-order valence-electron chi connectivity index (χ0n) is 15.8. The highest BCUT2D eigenvalue weighted by molar-refractivity contribution is 6.30. The Kier molecular flexibility index (Phi) is 5.68. The number of ether oxygens (including phenoxy) is 1. The van der Waals surface area contributed by atoms with Crippen LogP contribution in [0.3, 0.4) is 0 Å². The smallest absolute Gasteiger partial charge is 0.213 e. The summed E-state index contributed by atoms with van der Waals surface area (Å²) in [5, 5.41) is 0.692. The maximum Gasteiger partial charge on any atom is 0.213 e. The molecule has 0 aliphatic carbocycles. The molecule has 3 aromatic heterocycles. The number of rotatable bonds is 6. The lowest BCUT2D eigenvalue weighted by Gasteiger charge is -2.34. The van der Waals surface area contributed by atoms with E-state index in [1.54, 1.807) is 25.7 Å². The lowest BCUT2D eigenvalue weighted by Crippen LogP contribution is -2.25. The van der Waals surface area contributed by atoms with Crippen molar-refractivity contribution in [2.45, 2.75) is 6.04 Å². The van der Waals surface area contributed by atoms with Crippen molar-refractivity contribution >= 4 is 23.0 Å². The second-order valence-electron chi connectivity index (χ2n) is 6.38. The highest BCUT2D eigenvalue weighted by Crippen LogP contribution is 2.39. The summed E-state index contributed by atoms with van der Waals surface area (Å²) in [7, 11) is 1.60. The van der Waals surface area contributed by atoms with Crippen LogP contribution in [0.5, 0.6) is 5.88 Å². The topological polar surface area (TPSA) is 51.1 Å². The maximum atomic E-state index is 6.15. The van der Waals surface area contributed by atoms with Crippen molar-refractivity contribution in [2.75, 3.05) is 12.0 Å². The molecule has 6 heteroatoms. The van der Waals surface area contributed by atoms with Gasteiger partial charge in [-0.15, -0.1) is 0 Å². The monoisotopic (exact) mass is 402 g/mol. The second kappa shape index (κ2) is 8.71. The van der Waals surface area contributed by atoms with Gasteiger partial charge in [-0.05, 0) is 47.5 Å². The number of halogens is 1. The fourth-order valence-electron chi connectivity index (χ4n) is 3.25. The Morgan fingerprint density at radius 3 is 2.10 bits per heavy atom. The van der Waals surface area contributed by atoms with Crippen molar-refractivity contribution in [3.05, 3.63) is 108 Å². The molecule has 0 fully saturated rings. The Morgan fingerprint density at radius 2 is 1.52 bits per heavy atom. The van der Waals surface area contributed by atoms with E-state index in [4.69, 9.17) is 16.3 Å².